The summed E-state index contributed by atoms with van der Waals surface area (Å²) in [6.07, 6.45) is 4.28. The van der Waals surface area contributed by atoms with Crippen LogP contribution >= 0.6 is 0 Å². The highest BCUT2D eigenvalue weighted by Gasteiger charge is 2.29. The molecule has 0 bridgehead atoms. The maximum absolute atomic E-state index is 12.0. The molecule has 7 heteroatoms. The van der Waals surface area contributed by atoms with Gasteiger partial charge >= 0.3 is 5.97 Å². The van der Waals surface area contributed by atoms with Crippen molar-refractivity contribution in [2.45, 2.75) is 30.9 Å². The fraction of sp³-hybridized carbons (Fsp3) is 0.429. The molecule has 1 unspecified atom stereocenters. The van der Waals surface area contributed by atoms with E-state index in [4.69, 9.17) is 5.11 Å². The number of aromatic carboxylic acids is 1. The van der Waals surface area contributed by atoms with E-state index in [1.54, 1.807) is 18.3 Å². The van der Waals surface area contributed by atoms with Crippen LogP contribution in [0.15, 0.2) is 24.4 Å². The number of fused-ring (bicyclic) bond motifs is 1. The molecule has 1 aliphatic rings. The van der Waals surface area contributed by atoms with Gasteiger partial charge in [0.1, 0.15) is 11.3 Å². The number of imidazole rings is 1. The number of pyridine rings is 1. The number of carbonyl (C=O) groups is 1. The van der Waals surface area contributed by atoms with E-state index in [1.807, 2.05) is 0 Å². The zero-order chi connectivity index (χ0) is 15.0. The molecule has 3 heterocycles. The molecule has 0 aliphatic carbocycles. The number of sulfone groups is 1. The third kappa shape index (κ3) is 2.65. The van der Waals surface area contributed by atoms with Gasteiger partial charge < -0.3 is 5.11 Å². The summed E-state index contributed by atoms with van der Waals surface area (Å²) in [7, 11) is -3.05. The van der Waals surface area contributed by atoms with Gasteiger partial charge in [-0.2, -0.15) is 0 Å². The molecule has 0 amide bonds. The Balaban J connectivity index is 1.95. The van der Waals surface area contributed by atoms with E-state index in [1.165, 1.54) is 10.5 Å². The number of hydrogen-bond donors (Lipinski definition) is 1. The first-order valence-electron chi connectivity index (χ1n) is 6.89. The molecular weight excluding hydrogens is 292 g/mol. The van der Waals surface area contributed by atoms with Gasteiger partial charge in [0.2, 0.25) is 0 Å². The number of hydrogen-bond acceptors (Lipinski definition) is 4. The lowest BCUT2D eigenvalue weighted by atomic mass is 10.1. The predicted molar refractivity (Wildman–Crippen MR) is 77.3 cm³/mol. The minimum atomic E-state index is -3.05. The van der Waals surface area contributed by atoms with Crippen LogP contribution in [0.25, 0.3) is 5.65 Å². The van der Waals surface area contributed by atoms with Crippen molar-refractivity contribution in [1.82, 2.24) is 9.38 Å². The van der Waals surface area contributed by atoms with Gasteiger partial charge in [0.25, 0.3) is 0 Å². The summed E-state index contributed by atoms with van der Waals surface area (Å²) in [6.45, 7) is 0. The zero-order valence-electron chi connectivity index (χ0n) is 11.4. The van der Waals surface area contributed by atoms with Crippen LogP contribution in [0.1, 0.15) is 35.4 Å². The Bertz CT molecular complexity index is 794. The van der Waals surface area contributed by atoms with Gasteiger partial charge in [-0.3, -0.25) is 4.40 Å². The minimum absolute atomic E-state index is 0.123. The SMILES string of the molecule is O=C(O)c1cccc2nc(CC3CCCCS3(=O)=O)cn12. The Labute approximate surface area is 122 Å². The molecule has 0 radical (unpaired) electrons. The van der Waals surface area contributed by atoms with Gasteiger partial charge in [-0.15, -0.1) is 0 Å². The molecule has 1 saturated heterocycles. The maximum atomic E-state index is 12.0. The van der Waals surface area contributed by atoms with Crippen molar-refractivity contribution in [3.8, 4) is 0 Å². The first-order chi connectivity index (χ1) is 9.97. The van der Waals surface area contributed by atoms with Crippen molar-refractivity contribution in [1.29, 1.82) is 0 Å². The van der Waals surface area contributed by atoms with Crippen LogP contribution in [0.3, 0.4) is 0 Å². The Kier molecular flexibility index (Phi) is 3.44. The fourth-order valence-corrected chi connectivity index (χ4v) is 4.71. The molecular formula is C14H16N2O4S. The molecule has 1 aliphatic heterocycles. The quantitative estimate of drug-likeness (QED) is 0.929. The molecule has 0 aromatic carbocycles. The first kappa shape index (κ1) is 14.1. The van der Waals surface area contributed by atoms with E-state index >= 15 is 0 Å². The summed E-state index contributed by atoms with van der Waals surface area (Å²) in [4.78, 5) is 15.5. The summed E-state index contributed by atoms with van der Waals surface area (Å²) in [6, 6.07) is 4.84. The smallest absolute Gasteiger partial charge is 0.352 e. The second-order valence-electron chi connectivity index (χ2n) is 5.37. The summed E-state index contributed by atoms with van der Waals surface area (Å²) in [5, 5.41) is 8.75. The highest BCUT2D eigenvalue weighted by atomic mass is 32.2. The second kappa shape index (κ2) is 5.14. The van der Waals surface area contributed by atoms with E-state index in [9.17, 15) is 13.2 Å². The van der Waals surface area contributed by atoms with Crippen LogP contribution in [0, 0.1) is 0 Å². The number of rotatable bonds is 3. The minimum Gasteiger partial charge on any atom is -0.477 e. The van der Waals surface area contributed by atoms with Crippen LogP contribution in [0.2, 0.25) is 0 Å². The average Bonchev–Trinajstić information content (AvgIpc) is 2.83. The second-order valence-corrected chi connectivity index (χ2v) is 7.77. The summed E-state index contributed by atoms with van der Waals surface area (Å²) in [5.74, 6) is -0.791. The van der Waals surface area contributed by atoms with Gasteiger partial charge in [0.05, 0.1) is 16.7 Å². The Morgan fingerprint density at radius 3 is 2.90 bits per heavy atom. The van der Waals surface area contributed by atoms with Gasteiger partial charge in [-0.05, 0) is 25.0 Å². The molecule has 112 valence electrons. The van der Waals surface area contributed by atoms with Crippen molar-refractivity contribution in [3.05, 3.63) is 35.8 Å². The number of nitrogens with zero attached hydrogens (tertiary/aromatic N) is 2. The van der Waals surface area contributed by atoms with Gasteiger partial charge in [0, 0.05) is 12.6 Å². The molecule has 0 saturated carbocycles. The van der Waals surface area contributed by atoms with Gasteiger partial charge in [-0.25, -0.2) is 18.2 Å². The van der Waals surface area contributed by atoms with Crippen LogP contribution in [-0.2, 0) is 16.3 Å². The summed E-state index contributed by atoms with van der Waals surface area (Å²) < 4.78 is 25.6. The molecule has 1 fully saturated rings. The third-order valence-corrected chi connectivity index (χ3v) is 6.19. The highest BCUT2D eigenvalue weighted by Crippen LogP contribution is 2.23. The molecule has 1 atom stereocenters. The van der Waals surface area contributed by atoms with Crippen LogP contribution in [-0.4, -0.2) is 39.9 Å². The van der Waals surface area contributed by atoms with E-state index in [2.05, 4.69) is 4.98 Å². The van der Waals surface area contributed by atoms with Crippen molar-refractivity contribution in [2.75, 3.05) is 5.75 Å². The third-order valence-electron chi connectivity index (χ3n) is 3.91. The Morgan fingerprint density at radius 1 is 1.38 bits per heavy atom. The van der Waals surface area contributed by atoms with Crippen molar-refractivity contribution >= 4 is 21.5 Å². The van der Waals surface area contributed by atoms with Crippen LogP contribution in [0.4, 0.5) is 0 Å². The fourth-order valence-electron chi connectivity index (χ4n) is 2.82. The first-order valence-corrected chi connectivity index (χ1v) is 8.61. The monoisotopic (exact) mass is 308 g/mol. The highest BCUT2D eigenvalue weighted by molar-refractivity contribution is 7.92. The van der Waals surface area contributed by atoms with E-state index in [0.717, 1.165) is 12.8 Å². The molecule has 0 spiro atoms. The van der Waals surface area contributed by atoms with Crippen molar-refractivity contribution in [3.63, 3.8) is 0 Å². The van der Waals surface area contributed by atoms with Gasteiger partial charge in [0.15, 0.2) is 9.84 Å². The molecule has 6 nitrogen and oxygen atoms in total. The lowest BCUT2D eigenvalue weighted by Crippen LogP contribution is -2.30. The predicted octanol–water partition coefficient (Wildman–Crippen LogP) is 1.54. The normalized spacial score (nSPS) is 21.4. The van der Waals surface area contributed by atoms with E-state index in [-0.39, 0.29) is 11.4 Å². The number of aromatic nitrogens is 2. The Hall–Kier alpha value is -1.89. The summed E-state index contributed by atoms with van der Waals surface area (Å²) >= 11 is 0. The van der Waals surface area contributed by atoms with E-state index < -0.39 is 21.1 Å². The van der Waals surface area contributed by atoms with Crippen molar-refractivity contribution in [2.24, 2.45) is 0 Å². The van der Waals surface area contributed by atoms with Crippen LogP contribution < -0.4 is 0 Å². The van der Waals surface area contributed by atoms with Gasteiger partial charge in [-0.1, -0.05) is 12.5 Å². The average molecular weight is 308 g/mol. The number of carboxylic acid groups (broad SMARTS) is 1. The zero-order valence-corrected chi connectivity index (χ0v) is 12.2. The lowest BCUT2D eigenvalue weighted by molar-refractivity contribution is 0.0689. The molecule has 21 heavy (non-hydrogen) atoms. The molecule has 2 aromatic rings. The largest absolute Gasteiger partial charge is 0.477 e. The molecule has 1 N–H and O–H groups in total. The number of carboxylic acids is 1. The summed E-state index contributed by atoms with van der Waals surface area (Å²) in [5.41, 5.74) is 1.27. The van der Waals surface area contributed by atoms with Crippen LogP contribution in [0.5, 0.6) is 0 Å². The van der Waals surface area contributed by atoms with E-state index in [0.29, 0.717) is 24.2 Å². The molecule has 2 aromatic heterocycles. The molecule has 3 rings (SSSR count). The Morgan fingerprint density at radius 2 is 2.19 bits per heavy atom. The topological polar surface area (TPSA) is 88.7 Å². The van der Waals surface area contributed by atoms with Crippen molar-refractivity contribution < 1.29 is 18.3 Å². The standard InChI is InChI=1S/C14H16N2O4S/c17-14(18)12-5-3-6-13-15-10(9-16(12)13)8-11-4-1-2-7-21(11,19)20/h3,5-6,9,11H,1-2,4,7-8H2,(H,17,18). The maximum Gasteiger partial charge on any atom is 0.352 e. The lowest BCUT2D eigenvalue weighted by Gasteiger charge is -2.21.